The number of hydrogen-bond donors (Lipinski definition) is 12. The number of aromatic nitrogens is 2. The highest BCUT2D eigenvalue weighted by Gasteiger charge is 2.48. The third kappa shape index (κ3) is 15.1. The normalized spacial score (nSPS) is 21.4. The molecule has 7 amide bonds. The molecule has 0 aliphatic carbocycles. The van der Waals surface area contributed by atoms with Crippen LogP contribution < -0.4 is 43.8 Å². The number of aliphatic carboxylic acids is 2. The molecule has 4 heterocycles. The average molecular weight is 1030 g/mol. The number of thioether (sulfide) groups is 1. The van der Waals surface area contributed by atoms with Gasteiger partial charge in [0.05, 0.1) is 24.2 Å². The van der Waals surface area contributed by atoms with Crippen molar-refractivity contribution in [3.8, 4) is 5.75 Å². The predicted molar refractivity (Wildman–Crippen MR) is 263 cm³/mol. The summed E-state index contributed by atoms with van der Waals surface area (Å²) < 4.78 is 0. The number of nitrogens with two attached hydrogens (primary N) is 3. The molecular formula is C47H61N13O12S. The van der Waals surface area contributed by atoms with E-state index in [1.165, 1.54) is 46.2 Å². The van der Waals surface area contributed by atoms with Crippen molar-refractivity contribution in [2.24, 2.45) is 22.2 Å². The van der Waals surface area contributed by atoms with Gasteiger partial charge in [0.15, 0.2) is 5.96 Å². The standard InChI is InChI=1S/C47H61N13O12S/c48-29(21-38(62)63)39(64)54-30(8-4-15-52-47(49)50)40(65)57-33-22-37-60(45(33)70)36(19-26-10-12-28(61)13-11-26)43(68)55-31(14-17-73-37)41(66)56-32(20-27-23-51-24-53-27)44(69)59-16-5-9-35(59)42(67)58-34(46(71)72)18-25-6-2-1-3-7-25/h1-3,6-7,10-13,23-24,29-37,61H,4-5,8-9,14-22,48H2,(H,51,53)(H,54,64)(H,55,68)(H,56,66)(H,57,65)(H,58,67)(H,62,63)(H,71,72)(H4,49,50,52)/t29-,30-,31-,32-,33-,34-,35-,36-,37+/m0/s1. The Morgan fingerprint density at radius 3 is 2.27 bits per heavy atom. The van der Waals surface area contributed by atoms with E-state index >= 15 is 0 Å². The highest BCUT2D eigenvalue weighted by Crippen LogP contribution is 2.34. The molecule has 26 heteroatoms. The molecule has 0 spiro atoms. The van der Waals surface area contributed by atoms with Crippen molar-refractivity contribution in [3.63, 3.8) is 0 Å². The van der Waals surface area contributed by atoms with E-state index in [1.54, 1.807) is 42.5 Å². The molecule has 1 aromatic heterocycles. The molecule has 6 rings (SSSR count). The van der Waals surface area contributed by atoms with E-state index in [9.17, 15) is 53.4 Å². The van der Waals surface area contributed by atoms with Crippen molar-refractivity contribution in [1.29, 1.82) is 0 Å². The third-order valence-corrected chi connectivity index (χ3v) is 13.9. The number of imidazole rings is 1. The van der Waals surface area contributed by atoms with Gasteiger partial charge in [-0.25, -0.2) is 9.78 Å². The number of carbonyl (C=O) groups excluding carboxylic acids is 7. The SMILES string of the molecule is NC(N)=NCCC[C@H](NC(=O)[C@@H](N)CC(=O)O)C(=O)N[C@H]1C[C@H]2SCC[C@@H](C(=O)N[C@@H](Cc3cnc[nH]3)C(=O)N3CCC[C@H]3C(=O)N[C@@H](Cc3ccccc3)C(=O)O)NC(=O)[C@H](Cc3ccc(O)cc3)N2C1=O. The molecule has 3 saturated heterocycles. The number of guanidine groups is 1. The molecule has 3 fully saturated rings. The molecule has 0 saturated carbocycles. The van der Waals surface area contributed by atoms with Crippen LogP contribution in [-0.2, 0) is 62.4 Å². The zero-order valence-electron chi connectivity index (χ0n) is 39.7. The van der Waals surface area contributed by atoms with Crippen LogP contribution in [0.4, 0.5) is 0 Å². The van der Waals surface area contributed by atoms with Gasteiger partial charge in [0.25, 0.3) is 0 Å². The lowest BCUT2D eigenvalue weighted by Gasteiger charge is -2.32. The maximum Gasteiger partial charge on any atom is 0.326 e. The van der Waals surface area contributed by atoms with Gasteiger partial charge in [-0.05, 0) is 61.1 Å². The van der Waals surface area contributed by atoms with Crippen molar-refractivity contribution in [1.82, 2.24) is 46.4 Å². The lowest BCUT2D eigenvalue weighted by Crippen LogP contribution is -2.60. The summed E-state index contributed by atoms with van der Waals surface area (Å²) in [5, 5.41) is 41.8. The van der Waals surface area contributed by atoms with Crippen LogP contribution >= 0.6 is 11.8 Å². The summed E-state index contributed by atoms with van der Waals surface area (Å²) in [6, 6.07) is 4.58. The molecule has 3 aromatic rings. The number of benzene rings is 2. The number of fused-ring (bicyclic) bond motifs is 1. The molecule has 392 valence electrons. The number of aromatic amines is 1. The van der Waals surface area contributed by atoms with Crippen molar-refractivity contribution in [3.05, 3.63) is 83.9 Å². The Labute approximate surface area is 423 Å². The van der Waals surface area contributed by atoms with Crippen LogP contribution in [0.1, 0.15) is 61.8 Å². The van der Waals surface area contributed by atoms with Gasteiger partial charge in [0.1, 0.15) is 48.0 Å². The van der Waals surface area contributed by atoms with Crippen molar-refractivity contribution >= 4 is 71.0 Å². The monoisotopic (exact) mass is 1030 g/mol. The minimum absolute atomic E-state index is 0.00576. The number of nitrogens with one attached hydrogen (secondary N) is 6. The highest BCUT2D eigenvalue weighted by atomic mass is 32.2. The highest BCUT2D eigenvalue weighted by molar-refractivity contribution is 7.99. The smallest absolute Gasteiger partial charge is 0.326 e. The number of aliphatic imine (C=N–C) groups is 1. The van der Waals surface area contributed by atoms with Crippen LogP contribution in [0.15, 0.2) is 72.1 Å². The zero-order valence-corrected chi connectivity index (χ0v) is 40.5. The number of phenolic OH excluding ortho intramolecular Hbond substituents is 1. The topological polar surface area (TPSA) is 400 Å². The first kappa shape index (κ1) is 54.6. The Morgan fingerprint density at radius 2 is 1.60 bits per heavy atom. The molecule has 3 aliphatic heterocycles. The Bertz CT molecular complexity index is 2500. The minimum Gasteiger partial charge on any atom is -0.508 e. The van der Waals surface area contributed by atoms with Crippen LogP contribution in [-0.4, -0.2) is 167 Å². The molecular weight excluding hydrogens is 971 g/mol. The van der Waals surface area contributed by atoms with Gasteiger partial charge in [-0.15, -0.1) is 11.8 Å². The number of nitrogens with zero attached hydrogens (tertiary/aromatic N) is 4. The Balaban J connectivity index is 1.19. The summed E-state index contributed by atoms with van der Waals surface area (Å²) >= 11 is 1.25. The number of carbonyl (C=O) groups is 9. The minimum atomic E-state index is -1.49. The van der Waals surface area contributed by atoms with E-state index in [-0.39, 0.29) is 81.9 Å². The van der Waals surface area contributed by atoms with E-state index < -0.39 is 113 Å². The molecule has 3 aliphatic rings. The molecule has 0 bridgehead atoms. The molecule has 9 atom stereocenters. The van der Waals surface area contributed by atoms with E-state index in [4.69, 9.17) is 22.3 Å². The fourth-order valence-corrected chi connectivity index (χ4v) is 10.3. The molecule has 25 nitrogen and oxygen atoms in total. The van der Waals surface area contributed by atoms with Crippen LogP contribution in [0.3, 0.4) is 0 Å². The van der Waals surface area contributed by atoms with Crippen LogP contribution in [0.2, 0.25) is 0 Å². The summed E-state index contributed by atoms with van der Waals surface area (Å²) in [6.07, 6.45) is 2.79. The van der Waals surface area contributed by atoms with Gasteiger partial charge in [-0.3, -0.25) is 43.3 Å². The number of aromatic hydroxyl groups is 1. The van der Waals surface area contributed by atoms with E-state index in [0.717, 1.165) is 0 Å². The fraction of sp³-hybridized carbons (Fsp3) is 0.468. The quantitative estimate of drug-likeness (QED) is 0.0283. The largest absolute Gasteiger partial charge is 0.508 e. The number of phenols is 1. The van der Waals surface area contributed by atoms with Crippen molar-refractivity contribution in [2.75, 3.05) is 18.8 Å². The summed E-state index contributed by atoms with van der Waals surface area (Å²) in [5.74, 6) is -7.78. The Hall–Kier alpha value is -7.74. The van der Waals surface area contributed by atoms with E-state index in [0.29, 0.717) is 23.2 Å². The van der Waals surface area contributed by atoms with E-state index in [2.05, 4.69) is 41.5 Å². The van der Waals surface area contributed by atoms with Gasteiger partial charge < -0.3 is 73.9 Å². The second-order valence-electron chi connectivity index (χ2n) is 17.9. The van der Waals surface area contributed by atoms with Crippen LogP contribution in [0.25, 0.3) is 0 Å². The maximum atomic E-state index is 14.6. The first-order chi connectivity index (χ1) is 34.9. The number of H-pyrrole nitrogens is 1. The number of hydrogen-bond acceptors (Lipinski definition) is 14. The van der Waals surface area contributed by atoms with Crippen LogP contribution in [0, 0.1) is 0 Å². The van der Waals surface area contributed by atoms with E-state index in [1.807, 2.05) is 0 Å². The van der Waals surface area contributed by atoms with Gasteiger partial charge in [0, 0.05) is 50.7 Å². The van der Waals surface area contributed by atoms with Crippen molar-refractivity contribution in [2.45, 2.75) is 118 Å². The molecule has 2 aromatic carbocycles. The van der Waals surface area contributed by atoms with Gasteiger partial charge in [-0.2, -0.15) is 0 Å². The number of rotatable bonds is 22. The summed E-state index contributed by atoms with van der Waals surface area (Å²) in [6.45, 7) is 0.219. The average Bonchev–Trinajstić information content (AvgIpc) is 4.13. The summed E-state index contributed by atoms with van der Waals surface area (Å²) in [5.41, 5.74) is 18.3. The summed E-state index contributed by atoms with van der Waals surface area (Å²) in [7, 11) is 0. The summed E-state index contributed by atoms with van der Waals surface area (Å²) in [4.78, 5) is 136. The van der Waals surface area contributed by atoms with Gasteiger partial charge >= 0.3 is 11.9 Å². The number of likely N-dealkylation sites (tertiary alicyclic amines) is 1. The molecule has 0 radical (unpaired) electrons. The van der Waals surface area contributed by atoms with Crippen LogP contribution in [0.5, 0.6) is 5.75 Å². The number of carboxylic acids is 2. The van der Waals surface area contributed by atoms with Gasteiger partial charge in [0.2, 0.25) is 41.4 Å². The molecule has 73 heavy (non-hydrogen) atoms. The Morgan fingerprint density at radius 1 is 0.877 bits per heavy atom. The first-order valence-electron chi connectivity index (χ1n) is 23.7. The third-order valence-electron chi connectivity index (χ3n) is 12.6. The number of carboxylic acid groups (broad SMARTS) is 2. The zero-order chi connectivity index (χ0) is 52.8. The Kier molecular flexibility index (Phi) is 19.1. The lowest BCUT2D eigenvalue weighted by atomic mass is 10.0. The predicted octanol–water partition coefficient (Wildman–Crippen LogP) is -2.44. The molecule has 15 N–H and O–H groups in total. The fourth-order valence-electron chi connectivity index (χ4n) is 8.91. The number of amides is 7. The second kappa shape index (κ2) is 25.6. The second-order valence-corrected chi connectivity index (χ2v) is 19.2. The first-order valence-corrected chi connectivity index (χ1v) is 24.7. The van der Waals surface area contributed by atoms with Gasteiger partial charge in [-0.1, -0.05) is 42.5 Å². The van der Waals surface area contributed by atoms with Crippen molar-refractivity contribution < 1.29 is 58.5 Å². The maximum absolute atomic E-state index is 14.6. The lowest BCUT2D eigenvalue weighted by molar-refractivity contribution is -0.145. The molecule has 0 unspecified atom stereocenters.